The highest BCUT2D eigenvalue weighted by atomic mass is 35.5. The molecule has 0 rings (SSSR count). The Labute approximate surface area is 39.1 Å². The molecule has 3 heteroatoms. The molecule has 34 valence electrons. The van der Waals surface area contributed by atoms with E-state index in [2.05, 4.69) is 18.0 Å². The average molecular weight is 110 g/mol. The van der Waals surface area contributed by atoms with Gasteiger partial charge in [0.2, 0.25) is 0 Å². The Kier molecular flexibility index (Phi) is 1.37. The van der Waals surface area contributed by atoms with Crippen molar-refractivity contribution in [2.24, 2.45) is 0 Å². The quantitative estimate of drug-likeness (QED) is 0.327. The molecule has 0 unspecified atom stereocenters. The van der Waals surface area contributed by atoms with Gasteiger partial charge in [0.25, 0.3) is 0 Å². The van der Waals surface area contributed by atoms with Crippen LogP contribution in [-0.2, 0) is 0 Å². The topological polar surface area (TPSA) is 0 Å². The van der Waals surface area contributed by atoms with Crippen molar-refractivity contribution < 1.29 is 8.78 Å². The fourth-order valence-electron chi connectivity index (χ4n) is 0. The summed E-state index contributed by atoms with van der Waals surface area (Å²) in [5.41, 5.74) is 0. The highest BCUT2D eigenvalue weighted by Gasteiger charge is 2.18. The minimum Gasteiger partial charge on any atom is -0.175 e. The molecule has 0 nitrogen and oxygen atoms in total. The van der Waals surface area contributed by atoms with E-state index in [1.54, 1.807) is 0 Å². The molecular formula is C3HClF2. The maximum atomic E-state index is 11.0. The molecule has 0 heterocycles. The van der Waals surface area contributed by atoms with Gasteiger partial charge in [0.15, 0.2) is 0 Å². The van der Waals surface area contributed by atoms with E-state index in [0.29, 0.717) is 0 Å². The van der Waals surface area contributed by atoms with E-state index in [4.69, 9.17) is 0 Å². The van der Waals surface area contributed by atoms with Gasteiger partial charge in [-0.05, 0) is 17.5 Å². The molecule has 0 spiro atoms. The van der Waals surface area contributed by atoms with Crippen LogP contribution in [0, 0.1) is 12.3 Å². The van der Waals surface area contributed by atoms with Gasteiger partial charge in [-0.1, -0.05) is 0 Å². The lowest BCUT2D eigenvalue weighted by atomic mass is 10.7. The van der Waals surface area contributed by atoms with Gasteiger partial charge in [0.05, 0.1) is 0 Å². The van der Waals surface area contributed by atoms with Gasteiger partial charge >= 0.3 is 5.38 Å². The summed E-state index contributed by atoms with van der Waals surface area (Å²) in [6, 6.07) is 0. The zero-order valence-electron chi connectivity index (χ0n) is 2.71. The summed E-state index contributed by atoms with van der Waals surface area (Å²) < 4.78 is 22.0. The van der Waals surface area contributed by atoms with Gasteiger partial charge in [-0.25, -0.2) is 0 Å². The van der Waals surface area contributed by atoms with Crippen molar-refractivity contribution in [2.75, 3.05) is 0 Å². The first-order valence-corrected chi connectivity index (χ1v) is 1.48. The van der Waals surface area contributed by atoms with Crippen LogP contribution in [0.25, 0.3) is 0 Å². The van der Waals surface area contributed by atoms with Crippen molar-refractivity contribution in [3.8, 4) is 12.3 Å². The first-order valence-electron chi connectivity index (χ1n) is 1.11. The van der Waals surface area contributed by atoms with Crippen LogP contribution in [0.2, 0.25) is 0 Å². The number of alkyl halides is 3. The fourth-order valence-corrected chi connectivity index (χ4v) is 0. The second-order valence-electron chi connectivity index (χ2n) is 0.642. The zero-order chi connectivity index (χ0) is 5.21. The molecule has 0 fully saturated rings. The predicted octanol–water partition coefficient (Wildman–Crippen LogP) is 1.45. The van der Waals surface area contributed by atoms with Crippen molar-refractivity contribution >= 4 is 11.6 Å². The van der Waals surface area contributed by atoms with E-state index in [-0.39, 0.29) is 0 Å². The molecule has 0 bridgehead atoms. The first kappa shape index (κ1) is 5.71. The summed E-state index contributed by atoms with van der Waals surface area (Å²) in [7, 11) is 0. The van der Waals surface area contributed by atoms with E-state index in [0.717, 1.165) is 5.92 Å². The molecular weight excluding hydrogens is 109 g/mol. The number of hydrogen-bond acceptors (Lipinski definition) is 0. The second kappa shape index (κ2) is 1.44. The van der Waals surface area contributed by atoms with E-state index >= 15 is 0 Å². The molecule has 0 saturated carbocycles. The van der Waals surface area contributed by atoms with Crippen LogP contribution >= 0.6 is 11.6 Å². The molecule has 0 saturated heterocycles. The summed E-state index contributed by atoms with van der Waals surface area (Å²) in [6.07, 6.45) is 4.17. The van der Waals surface area contributed by atoms with Crippen molar-refractivity contribution in [3.63, 3.8) is 0 Å². The van der Waals surface area contributed by atoms with Gasteiger partial charge in [-0.2, -0.15) is 8.78 Å². The Bertz CT molecular complexity index is 75.8. The van der Waals surface area contributed by atoms with Crippen LogP contribution < -0.4 is 0 Å². The van der Waals surface area contributed by atoms with E-state index in [9.17, 15) is 8.78 Å². The maximum Gasteiger partial charge on any atom is 0.385 e. The molecule has 0 aromatic rings. The van der Waals surface area contributed by atoms with Crippen molar-refractivity contribution in [1.82, 2.24) is 0 Å². The lowest BCUT2D eigenvalue weighted by molar-refractivity contribution is 0.164. The number of rotatable bonds is 0. The van der Waals surface area contributed by atoms with E-state index in [1.807, 2.05) is 0 Å². The van der Waals surface area contributed by atoms with Gasteiger partial charge < -0.3 is 0 Å². The first-order chi connectivity index (χ1) is 2.56. The van der Waals surface area contributed by atoms with Crippen molar-refractivity contribution in [1.29, 1.82) is 0 Å². The third-order valence-electron chi connectivity index (χ3n) is 0.164. The third kappa shape index (κ3) is 3.71. The SMILES string of the molecule is C#CC(F)(F)Cl. The Balaban J connectivity index is 3.55. The van der Waals surface area contributed by atoms with Gasteiger partial charge in [0.1, 0.15) is 0 Å². The Morgan fingerprint density at radius 3 is 1.83 bits per heavy atom. The molecule has 0 N–H and O–H groups in total. The van der Waals surface area contributed by atoms with E-state index in [1.165, 1.54) is 0 Å². The number of terminal acetylenes is 1. The normalized spacial score (nSPS) is 10.3. The van der Waals surface area contributed by atoms with Crippen LogP contribution in [-0.4, -0.2) is 5.38 Å². The largest absolute Gasteiger partial charge is 0.385 e. The molecule has 0 aliphatic heterocycles. The molecule has 0 aliphatic rings. The molecule has 6 heavy (non-hydrogen) atoms. The molecule has 0 aliphatic carbocycles. The van der Waals surface area contributed by atoms with E-state index < -0.39 is 5.38 Å². The summed E-state index contributed by atoms with van der Waals surface area (Å²) in [6.45, 7) is 0. The van der Waals surface area contributed by atoms with Crippen LogP contribution in [0.15, 0.2) is 0 Å². The highest BCUT2D eigenvalue weighted by molar-refractivity contribution is 6.23. The molecule has 0 amide bonds. The lowest BCUT2D eigenvalue weighted by Gasteiger charge is -1.90. The molecule has 0 atom stereocenters. The smallest absolute Gasteiger partial charge is 0.175 e. The molecule has 0 aromatic carbocycles. The van der Waals surface area contributed by atoms with Crippen LogP contribution in [0.4, 0.5) is 8.78 Å². The summed E-state index contributed by atoms with van der Waals surface area (Å²) in [5.74, 6) is 1.04. The maximum absolute atomic E-state index is 11.0. The summed E-state index contributed by atoms with van der Waals surface area (Å²) >= 11 is 4.15. The van der Waals surface area contributed by atoms with Gasteiger partial charge in [-0.3, -0.25) is 0 Å². The Hall–Kier alpha value is -0.290. The van der Waals surface area contributed by atoms with Gasteiger partial charge in [0, 0.05) is 0 Å². The standard InChI is InChI=1S/C3HClF2/c1-2-3(4,5)6/h1H. The third-order valence-corrected chi connectivity index (χ3v) is 0.273. The lowest BCUT2D eigenvalue weighted by Crippen LogP contribution is -1.97. The highest BCUT2D eigenvalue weighted by Crippen LogP contribution is 2.15. The minimum atomic E-state index is -3.46. The monoisotopic (exact) mass is 110 g/mol. The van der Waals surface area contributed by atoms with Crippen LogP contribution in [0.3, 0.4) is 0 Å². The van der Waals surface area contributed by atoms with Crippen molar-refractivity contribution in [2.45, 2.75) is 5.38 Å². The number of hydrogen-bond donors (Lipinski definition) is 0. The fraction of sp³-hybridized carbons (Fsp3) is 0.333. The summed E-state index contributed by atoms with van der Waals surface area (Å²) in [5, 5.41) is -3.46. The summed E-state index contributed by atoms with van der Waals surface area (Å²) in [4.78, 5) is 0. The molecule has 0 radical (unpaired) electrons. The Morgan fingerprint density at radius 2 is 1.83 bits per heavy atom. The minimum absolute atomic E-state index is 1.04. The predicted molar refractivity (Wildman–Crippen MR) is 19.6 cm³/mol. The van der Waals surface area contributed by atoms with Crippen LogP contribution in [0.1, 0.15) is 0 Å². The number of halogens is 3. The Morgan fingerprint density at radius 1 is 1.67 bits per heavy atom. The zero-order valence-corrected chi connectivity index (χ0v) is 3.47. The van der Waals surface area contributed by atoms with Crippen molar-refractivity contribution in [3.05, 3.63) is 0 Å². The van der Waals surface area contributed by atoms with Gasteiger partial charge in [-0.15, -0.1) is 6.42 Å². The second-order valence-corrected chi connectivity index (χ2v) is 1.12. The average Bonchev–Trinajstić information content (AvgIpc) is 1.35. The molecule has 0 aromatic heterocycles. The van der Waals surface area contributed by atoms with Crippen LogP contribution in [0.5, 0.6) is 0 Å².